The predicted octanol–water partition coefficient (Wildman–Crippen LogP) is 6.33. The molecule has 0 saturated heterocycles. The summed E-state index contributed by atoms with van der Waals surface area (Å²) in [4.78, 5) is 7.59. The topological polar surface area (TPSA) is 83.0 Å². The minimum atomic E-state index is -4.92. The number of nitrogens with zero attached hydrogens (tertiary/aromatic N) is 1. The second-order valence-corrected chi connectivity index (χ2v) is 12.7. The Bertz CT molecular complexity index is 1320. The summed E-state index contributed by atoms with van der Waals surface area (Å²) in [6.07, 6.45) is -2.74. The van der Waals surface area contributed by atoms with Gasteiger partial charge >= 0.3 is 6.18 Å². The molecule has 0 radical (unpaired) electrons. The van der Waals surface area contributed by atoms with Crippen molar-refractivity contribution in [3.63, 3.8) is 0 Å². The first-order valence-corrected chi connectivity index (χ1v) is 14.2. The number of rotatable bonds is 9. The number of sulfone groups is 1. The van der Waals surface area contributed by atoms with Crippen LogP contribution in [0, 0.1) is 0 Å². The number of hydrogen-bond acceptors (Lipinski definition) is 5. The molecule has 192 valence electrons. The van der Waals surface area contributed by atoms with Gasteiger partial charge in [0.25, 0.3) is 0 Å². The number of H-pyrrole nitrogens is 1. The van der Waals surface area contributed by atoms with Gasteiger partial charge in [0.15, 0.2) is 20.5 Å². The summed E-state index contributed by atoms with van der Waals surface area (Å²) in [7, 11) is -3.58. The number of halogens is 4. The van der Waals surface area contributed by atoms with Gasteiger partial charge in [-0.3, -0.25) is 0 Å². The maximum Gasteiger partial charge on any atom is 0.417 e. The van der Waals surface area contributed by atoms with Crippen molar-refractivity contribution in [1.82, 2.24) is 9.97 Å². The van der Waals surface area contributed by atoms with E-state index in [1.165, 1.54) is 30.1 Å². The number of aliphatic hydroxyl groups is 1. The Morgan fingerprint density at radius 2 is 1.86 bits per heavy atom. The Hall–Kier alpha value is -1.75. The van der Waals surface area contributed by atoms with Crippen molar-refractivity contribution in [2.45, 2.75) is 67.1 Å². The number of pyridine rings is 1. The summed E-state index contributed by atoms with van der Waals surface area (Å²) >= 11 is 7.53. The molecular formula is C24H28ClF3N2O3S2. The molecule has 0 saturated carbocycles. The zero-order chi connectivity index (χ0) is 26.2. The van der Waals surface area contributed by atoms with Crippen LogP contribution >= 0.6 is 23.4 Å². The molecule has 2 N–H and O–H groups in total. The van der Waals surface area contributed by atoms with Gasteiger partial charge in [-0.15, -0.1) is 11.8 Å². The number of thioether (sulfide) groups is 1. The number of aromatic nitrogens is 2. The second kappa shape index (κ2) is 9.95. The SMILES string of the molecule is CCCS(=O)(=O)c1cc2cc(CC(O)(CC(C)(C)c3cc(Cl)ccc3SC)C(F)(F)F)[nH]c2cn1. The van der Waals surface area contributed by atoms with Gasteiger partial charge in [0.2, 0.25) is 0 Å². The summed E-state index contributed by atoms with van der Waals surface area (Å²) in [6, 6.07) is 7.84. The highest BCUT2D eigenvalue weighted by atomic mass is 35.5. The summed E-state index contributed by atoms with van der Waals surface area (Å²) in [5, 5.41) is 11.7. The van der Waals surface area contributed by atoms with Crippen LogP contribution in [0.5, 0.6) is 0 Å². The summed E-state index contributed by atoms with van der Waals surface area (Å²) < 4.78 is 67.5. The fraction of sp³-hybridized carbons (Fsp3) is 0.458. The number of fused-ring (bicyclic) bond motifs is 1. The second-order valence-electron chi connectivity index (χ2n) is 9.33. The van der Waals surface area contributed by atoms with Crippen molar-refractivity contribution in [3.05, 3.63) is 52.8 Å². The standard InChI is InChI=1S/C24H28ClF3N2O3S2/c1-5-8-35(32,33)21-10-15-9-17(30-19(15)13-29-21)12-23(31,24(26,27)28)14-22(2,3)18-11-16(25)6-7-20(18)34-4/h6-7,9-11,13,30-31H,5,8,12,14H2,1-4H3. The number of nitrogens with one attached hydrogen (secondary N) is 1. The highest BCUT2D eigenvalue weighted by Crippen LogP contribution is 2.45. The molecule has 3 rings (SSSR count). The molecule has 0 bridgehead atoms. The van der Waals surface area contributed by atoms with Crippen molar-refractivity contribution >= 4 is 44.1 Å². The molecule has 3 aromatic rings. The summed E-state index contributed by atoms with van der Waals surface area (Å²) in [6.45, 7) is 5.03. The van der Waals surface area contributed by atoms with E-state index in [-0.39, 0.29) is 16.5 Å². The normalized spacial score (nSPS) is 14.9. The molecule has 35 heavy (non-hydrogen) atoms. The molecule has 0 amide bonds. The van der Waals surface area contributed by atoms with Crippen LogP contribution < -0.4 is 0 Å². The third kappa shape index (κ3) is 5.98. The van der Waals surface area contributed by atoms with Gasteiger partial charge in [-0.25, -0.2) is 13.4 Å². The van der Waals surface area contributed by atoms with Gasteiger partial charge in [-0.2, -0.15) is 13.2 Å². The van der Waals surface area contributed by atoms with Crippen LogP contribution in [-0.4, -0.2) is 47.3 Å². The van der Waals surface area contributed by atoms with Gasteiger partial charge < -0.3 is 10.1 Å². The lowest BCUT2D eigenvalue weighted by Gasteiger charge is -2.38. The Morgan fingerprint density at radius 3 is 2.46 bits per heavy atom. The smallest absolute Gasteiger partial charge is 0.380 e. The van der Waals surface area contributed by atoms with Crippen LogP contribution in [0.4, 0.5) is 13.2 Å². The minimum Gasteiger partial charge on any atom is -0.380 e. The molecule has 5 nitrogen and oxygen atoms in total. The van der Waals surface area contributed by atoms with Crippen LogP contribution in [0.2, 0.25) is 5.02 Å². The van der Waals surface area contributed by atoms with E-state index in [2.05, 4.69) is 9.97 Å². The lowest BCUT2D eigenvalue weighted by Crippen LogP contribution is -2.51. The molecule has 1 aromatic carbocycles. The molecule has 2 aromatic heterocycles. The molecular weight excluding hydrogens is 521 g/mol. The third-order valence-corrected chi connectivity index (χ3v) is 8.80. The minimum absolute atomic E-state index is 0.0762. The van der Waals surface area contributed by atoms with E-state index in [0.717, 1.165) is 4.90 Å². The predicted molar refractivity (Wildman–Crippen MR) is 134 cm³/mol. The Labute approximate surface area is 212 Å². The average Bonchev–Trinajstić information content (AvgIpc) is 3.13. The maximum absolute atomic E-state index is 14.3. The van der Waals surface area contributed by atoms with E-state index >= 15 is 0 Å². The van der Waals surface area contributed by atoms with Crippen LogP contribution in [0.1, 0.15) is 44.9 Å². The number of aromatic amines is 1. The first-order chi connectivity index (χ1) is 16.1. The Morgan fingerprint density at radius 1 is 1.17 bits per heavy atom. The van der Waals surface area contributed by atoms with Crippen LogP contribution in [0.25, 0.3) is 10.9 Å². The first kappa shape index (κ1) is 27.8. The molecule has 1 unspecified atom stereocenters. The van der Waals surface area contributed by atoms with Crippen LogP contribution in [-0.2, 0) is 21.7 Å². The molecule has 0 aliphatic carbocycles. The Balaban J connectivity index is 1.99. The largest absolute Gasteiger partial charge is 0.417 e. The van der Waals surface area contributed by atoms with E-state index in [0.29, 0.717) is 27.9 Å². The molecule has 2 heterocycles. The van der Waals surface area contributed by atoms with E-state index in [1.807, 2.05) is 6.26 Å². The molecule has 0 aliphatic rings. The van der Waals surface area contributed by atoms with Gasteiger partial charge in [-0.05, 0) is 60.4 Å². The van der Waals surface area contributed by atoms with E-state index in [4.69, 9.17) is 11.6 Å². The third-order valence-electron chi connectivity index (χ3n) is 5.96. The average molecular weight is 549 g/mol. The van der Waals surface area contributed by atoms with Crippen molar-refractivity contribution in [3.8, 4) is 0 Å². The highest BCUT2D eigenvalue weighted by Gasteiger charge is 2.56. The first-order valence-electron chi connectivity index (χ1n) is 11.0. The van der Waals surface area contributed by atoms with Crippen LogP contribution in [0.3, 0.4) is 0 Å². The van der Waals surface area contributed by atoms with Crippen molar-refractivity contribution in [2.24, 2.45) is 0 Å². The van der Waals surface area contributed by atoms with Crippen LogP contribution in [0.15, 0.2) is 46.5 Å². The van der Waals surface area contributed by atoms with Crippen molar-refractivity contribution in [1.29, 1.82) is 0 Å². The quantitative estimate of drug-likeness (QED) is 0.305. The van der Waals surface area contributed by atoms with Gasteiger partial charge in [0.05, 0.1) is 17.5 Å². The number of alkyl halides is 3. The number of benzene rings is 1. The fourth-order valence-corrected chi connectivity index (χ4v) is 6.52. The molecule has 1 atom stereocenters. The zero-order valence-corrected chi connectivity index (χ0v) is 22.2. The van der Waals surface area contributed by atoms with Gasteiger partial charge in [0, 0.05) is 27.4 Å². The lowest BCUT2D eigenvalue weighted by atomic mass is 9.73. The Kier molecular flexibility index (Phi) is 7.91. The molecule has 0 fully saturated rings. The van der Waals surface area contributed by atoms with Crippen molar-refractivity contribution in [2.75, 3.05) is 12.0 Å². The zero-order valence-electron chi connectivity index (χ0n) is 19.8. The van der Waals surface area contributed by atoms with Gasteiger partial charge in [-0.1, -0.05) is 32.4 Å². The van der Waals surface area contributed by atoms with E-state index < -0.39 is 39.9 Å². The summed E-state index contributed by atoms with van der Waals surface area (Å²) in [5.41, 5.74) is -2.99. The number of hydrogen-bond donors (Lipinski definition) is 2. The molecule has 0 aliphatic heterocycles. The molecule has 0 spiro atoms. The summed E-state index contributed by atoms with van der Waals surface area (Å²) in [5.74, 6) is -0.0762. The maximum atomic E-state index is 14.3. The van der Waals surface area contributed by atoms with E-state index in [9.17, 15) is 26.7 Å². The molecule has 11 heteroatoms. The monoisotopic (exact) mass is 548 g/mol. The highest BCUT2D eigenvalue weighted by molar-refractivity contribution is 7.98. The lowest BCUT2D eigenvalue weighted by molar-refractivity contribution is -0.266. The fourth-order valence-electron chi connectivity index (χ4n) is 4.32. The van der Waals surface area contributed by atoms with Gasteiger partial charge in [0.1, 0.15) is 0 Å². The van der Waals surface area contributed by atoms with Crippen molar-refractivity contribution < 1.29 is 26.7 Å². The van der Waals surface area contributed by atoms with E-state index in [1.54, 1.807) is 39.0 Å².